The van der Waals surface area contributed by atoms with Crippen molar-refractivity contribution in [3.63, 3.8) is 0 Å². The van der Waals surface area contributed by atoms with E-state index in [1.165, 1.54) is 43.7 Å². The number of unbranched alkanes of at least 4 members (excludes halogenated alkanes) is 2. The van der Waals surface area contributed by atoms with Gasteiger partial charge in [0, 0.05) is 18.8 Å². The van der Waals surface area contributed by atoms with Crippen LogP contribution in [0.2, 0.25) is 0 Å². The van der Waals surface area contributed by atoms with Crippen LogP contribution < -0.4 is 5.32 Å². The maximum Gasteiger partial charge on any atom is 0.00580 e. The molecule has 0 fully saturated rings. The van der Waals surface area contributed by atoms with Gasteiger partial charge in [-0.05, 0) is 17.6 Å². The molecule has 0 spiro atoms. The molecule has 0 aromatic carbocycles. The van der Waals surface area contributed by atoms with E-state index < -0.39 is 0 Å². The SMILES string of the molecule is CCCCCC(C)(C)CNCCSCC. The van der Waals surface area contributed by atoms with E-state index in [0.717, 1.165) is 6.54 Å². The van der Waals surface area contributed by atoms with Crippen LogP contribution >= 0.6 is 11.8 Å². The summed E-state index contributed by atoms with van der Waals surface area (Å²) in [7, 11) is 0. The Kier molecular flexibility index (Phi) is 9.73. The van der Waals surface area contributed by atoms with Crippen molar-refractivity contribution in [2.75, 3.05) is 24.6 Å². The second-order valence-corrected chi connectivity index (χ2v) is 6.39. The van der Waals surface area contributed by atoms with Gasteiger partial charge in [-0.25, -0.2) is 0 Å². The summed E-state index contributed by atoms with van der Waals surface area (Å²) in [5.74, 6) is 2.49. The molecule has 1 nitrogen and oxygen atoms in total. The van der Waals surface area contributed by atoms with Crippen LogP contribution in [-0.2, 0) is 0 Å². The van der Waals surface area contributed by atoms with Gasteiger partial charge in [-0.1, -0.05) is 47.0 Å². The van der Waals surface area contributed by atoms with Gasteiger partial charge in [-0.15, -0.1) is 0 Å². The van der Waals surface area contributed by atoms with E-state index >= 15 is 0 Å². The zero-order valence-electron chi connectivity index (χ0n) is 11.1. The average Bonchev–Trinajstić information content (AvgIpc) is 2.17. The van der Waals surface area contributed by atoms with Crippen molar-refractivity contribution < 1.29 is 0 Å². The predicted octanol–water partition coefficient (Wildman–Crippen LogP) is 3.94. The Balaban J connectivity index is 3.38. The lowest BCUT2D eigenvalue weighted by Gasteiger charge is -2.25. The van der Waals surface area contributed by atoms with Crippen molar-refractivity contribution >= 4 is 11.8 Å². The molecule has 0 saturated carbocycles. The number of hydrogen-bond acceptors (Lipinski definition) is 2. The third kappa shape index (κ3) is 10.6. The van der Waals surface area contributed by atoms with Crippen LogP contribution in [0.1, 0.15) is 53.4 Å². The normalized spacial score (nSPS) is 12.0. The Bertz CT molecular complexity index is 134. The van der Waals surface area contributed by atoms with Crippen molar-refractivity contribution in [1.82, 2.24) is 5.32 Å². The summed E-state index contributed by atoms with van der Waals surface area (Å²) in [5.41, 5.74) is 0.478. The molecule has 0 radical (unpaired) electrons. The van der Waals surface area contributed by atoms with Crippen LogP contribution in [0.3, 0.4) is 0 Å². The molecule has 0 unspecified atom stereocenters. The van der Waals surface area contributed by atoms with Crippen molar-refractivity contribution in [3.8, 4) is 0 Å². The highest BCUT2D eigenvalue weighted by Crippen LogP contribution is 2.22. The molecule has 0 atom stereocenters. The molecule has 1 N–H and O–H groups in total. The van der Waals surface area contributed by atoms with Crippen LogP contribution in [0.15, 0.2) is 0 Å². The summed E-state index contributed by atoms with van der Waals surface area (Å²) in [5, 5.41) is 3.57. The van der Waals surface area contributed by atoms with Gasteiger partial charge in [0.25, 0.3) is 0 Å². The average molecular weight is 231 g/mol. The van der Waals surface area contributed by atoms with E-state index in [-0.39, 0.29) is 0 Å². The molecular weight excluding hydrogens is 202 g/mol. The van der Waals surface area contributed by atoms with Gasteiger partial charge in [0.05, 0.1) is 0 Å². The highest BCUT2D eigenvalue weighted by Gasteiger charge is 2.15. The zero-order chi connectivity index (χ0) is 11.6. The van der Waals surface area contributed by atoms with Crippen LogP contribution in [0.25, 0.3) is 0 Å². The molecule has 0 aliphatic heterocycles. The maximum atomic E-state index is 3.57. The maximum absolute atomic E-state index is 3.57. The van der Waals surface area contributed by atoms with Crippen LogP contribution in [0.4, 0.5) is 0 Å². The summed E-state index contributed by atoms with van der Waals surface area (Å²) in [6.45, 7) is 11.6. The fraction of sp³-hybridized carbons (Fsp3) is 1.00. The van der Waals surface area contributed by atoms with Gasteiger partial charge < -0.3 is 5.32 Å². The van der Waals surface area contributed by atoms with Crippen molar-refractivity contribution in [2.45, 2.75) is 53.4 Å². The molecule has 0 bridgehead atoms. The summed E-state index contributed by atoms with van der Waals surface area (Å²) in [4.78, 5) is 0. The van der Waals surface area contributed by atoms with Gasteiger partial charge in [-0.2, -0.15) is 11.8 Å². The first-order valence-electron chi connectivity index (χ1n) is 6.41. The largest absolute Gasteiger partial charge is 0.315 e. The molecule has 0 heterocycles. The van der Waals surface area contributed by atoms with Gasteiger partial charge in [0.15, 0.2) is 0 Å². The number of hydrogen-bond donors (Lipinski definition) is 1. The van der Waals surface area contributed by atoms with E-state index in [4.69, 9.17) is 0 Å². The molecule has 0 aliphatic carbocycles. The molecule has 0 aliphatic rings. The first-order chi connectivity index (χ1) is 7.12. The molecular formula is C13H29NS. The van der Waals surface area contributed by atoms with Crippen LogP contribution in [0, 0.1) is 5.41 Å². The lowest BCUT2D eigenvalue weighted by atomic mass is 9.87. The summed E-state index contributed by atoms with van der Waals surface area (Å²) in [6.07, 6.45) is 5.45. The minimum atomic E-state index is 0.478. The first-order valence-corrected chi connectivity index (χ1v) is 7.56. The summed E-state index contributed by atoms with van der Waals surface area (Å²) in [6, 6.07) is 0. The molecule has 0 amide bonds. The molecule has 92 valence electrons. The number of thioether (sulfide) groups is 1. The van der Waals surface area contributed by atoms with Gasteiger partial charge >= 0.3 is 0 Å². The van der Waals surface area contributed by atoms with E-state index in [1.54, 1.807) is 0 Å². The Morgan fingerprint density at radius 3 is 2.47 bits per heavy atom. The van der Waals surface area contributed by atoms with E-state index in [0.29, 0.717) is 5.41 Å². The molecule has 0 aromatic heterocycles. The smallest absolute Gasteiger partial charge is 0.00580 e. The fourth-order valence-electron chi connectivity index (χ4n) is 1.66. The standard InChI is InChI=1S/C13H29NS/c1-5-7-8-9-13(3,4)12-14-10-11-15-6-2/h14H,5-12H2,1-4H3. The topological polar surface area (TPSA) is 12.0 Å². The first kappa shape index (κ1) is 15.3. The zero-order valence-corrected chi connectivity index (χ0v) is 11.9. The molecule has 0 aromatic rings. The Morgan fingerprint density at radius 1 is 1.13 bits per heavy atom. The van der Waals surface area contributed by atoms with E-state index in [2.05, 4.69) is 33.0 Å². The Hall–Kier alpha value is 0.310. The molecule has 15 heavy (non-hydrogen) atoms. The highest BCUT2D eigenvalue weighted by molar-refractivity contribution is 7.99. The lowest BCUT2D eigenvalue weighted by molar-refractivity contribution is 0.305. The minimum absolute atomic E-state index is 0.478. The molecule has 0 rings (SSSR count). The highest BCUT2D eigenvalue weighted by atomic mass is 32.2. The summed E-state index contributed by atoms with van der Waals surface area (Å²) < 4.78 is 0. The van der Waals surface area contributed by atoms with Gasteiger partial charge in [-0.3, -0.25) is 0 Å². The third-order valence-corrected chi connectivity index (χ3v) is 3.59. The van der Waals surface area contributed by atoms with Crippen molar-refractivity contribution in [2.24, 2.45) is 5.41 Å². The Morgan fingerprint density at radius 2 is 1.87 bits per heavy atom. The molecule has 0 saturated heterocycles. The fourth-order valence-corrected chi connectivity index (χ4v) is 2.23. The second-order valence-electron chi connectivity index (χ2n) is 5.00. The van der Waals surface area contributed by atoms with Gasteiger partial charge in [0.1, 0.15) is 0 Å². The Labute approximate surface area is 101 Å². The van der Waals surface area contributed by atoms with Gasteiger partial charge in [0.2, 0.25) is 0 Å². The summed E-state index contributed by atoms with van der Waals surface area (Å²) >= 11 is 2.02. The minimum Gasteiger partial charge on any atom is -0.315 e. The van der Waals surface area contributed by atoms with Crippen LogP contribution in [-0.4, -0.2) is 24.6 Å². The monoisotopic (exact) mass is 231 g/mol. The molecule has 2 heteroatoms. The number of rotatable bonds is 10. The van der Waals surface area contributed by atoms with Crippen molar-refractivity contribution in [1.29, 1.82) is 0 Å². The lowest BCUT2D eigenvalue weighted by Crippen LogP contribution is -2.30. The number of nitrogens with one attached hydrogen (secondary N) is 1. The predicted molar refractivity (Wildman–Crippen MR) is 73.8 cm³/mol. The van der Waals surface area contributed by atoms with E-state index in [1.807, 2.05) is 11.8 Å². The quantitative estimate of drug-likeness (QED) is 0.572. The second kappa shape index (κ2) is 9.53. The van der Waals surface area contributed by atoms with Crippen molar-refractivity contribution in [3.05, 3.63) is 0 Å². The third-order valence-electron chi connectivity index (χ3n) is 2.69. The van der Waals surface area contributed by atoms with Crippen LogP contribution in [0.5, 0.6) is 0 Å². The van der Waals surface area contributed by atoms with E-state index in [9.17, 15) is 0 Å².